The summed E-state index contributed by atoms with van der Waals surface area (Å²) in [5.74, 6) is -0.102. The van der Waals surface area contributed by atoms with Crippen LogP contribution >= 0.6 is 33.9 Å². The van der Waals surface area contributed by atoms with Gasteiger partial charge in [-0.25, -0.2) is 9.37 Å². The summed E-state index contributed by atoms with van der Waals surface area (Å²) in [5, 5.41) is 13.8. The van der Waals surface area contributed by atoms with Gasteiger partial charge in [0.15, 0.2) is 0 Å². The van der Waals surface area contributed by atoms with Crippen molar-refractivity contribution in [1.82, 2.24) is 4.98 Å². The maximum Gasteiger partial charge on any atom is 0.143 e. The van der Waals surface area contributed by atoms with Gasteiger partial charge in [-0.3, -0.25) is 4.99 Å². The first-order valence-electron chi connectivity index (χ1n) is 13.8. The molecule has 43 heavy (non-hydrogen) atoms. The molecule has 7 aromatic rings. The number of para-hydroxylation sites is 3. The molecule has 0 fully saturated rings. The predicted molar refractivity (Wildman–Crippen MR) is 185 cm³/mol. The van der Waals surface area contributed by atoms with E-state index in [2.05, 4.69) is 43.4 Å². The molecule has 7 heteroatoms. The predicted octanol–water partition coefficient (Wildman–Crippen LogP) is 11.0. The van der Waals surface area contributed by atoms with Gasteiger partial charge in [-0.15, -0.1) is 11.3 Å². The van der Waals surface area contributed by atoms with Gasteiger partial charge >= 0.3 is 0 Å². The molecule has 4 nitrogen and oxygen atoms in total. The summed E-state index contributed by atoms with van der Waals surface area (Å²) >= 11 is 3.69. The minimum Gasteiger partial charge on any atom is -0.507 e. The second-order valence-corrected chi connectivity index (χ2v) is 13.8. The molecule has 5 aromatic carbocycles. The van der Waals surface area contributed by atoms with Gasteiger partial charge in [0.1, 0.15) is 27.7 Å². The quantitative estimate of drug-likeness (QED) is 0.147. The number of aromatic hydroxyl groups is 1. The normalized spacial score (nSPS) is 12.3. The summed E-state index contributed by atoms with van der Waals surface area (Å²) in [5.41, 5.74) is 6.53. The van der Waals surface area contributed by atoms with Crippen LogP contribution in [0, 0.1) is 9.39 Å². The Kier molecular flexibility index (Phi) is 6.82. The Labute approximate surface area is 265 Å². The van der Waals surface area contributed by atoms with Crippen molar-refractivity contribution in [3.63, 3.8) is 0 Å². The Morgan fingerprint density at radius 1 is 0.884 bits per heavy atom. The van der Waals surface area contributed by atoms with Crippen molar-refractivity contribution in [1.29, 1.82) is 0 Å². The van der Waals surface area contributed by atoms with Crippen molar-refractivity contribution >= 4 is 78.0 Å². The molecule has 0 radical (unpaired) electrons. The number of aliphatic imine (C=N–C) groups is 1. The molecule has 212 valence electrons. The lowest BCUT2D eigenvalue weighted by atomic mass is 9.85. The highest BCUT2D eigenvalue weighted by molar-refractivity contribution is 14.1. The minimum absolute atomic E-state index is 0.216. The lowest BCUT2D eigenvalue weighted by molar-refractivity contribution is 0.445. The Morgan fingerprint density at radius 2 is 1.63 bits per heavy atom. The third-order valence-electron chi connectivity index (χ3n) is 7.54. The number of phenols is 1. The maximum absolute atomic E-state index is 15.1. The number of rotatable bonds is 4. The second-order valence-electron chi connectivity index (χ2n) is 11.5. The van der Waals surface area contributed by atoms with Gasteiger partial charge in [0.2, 0.25) is 0 Å². The van der Waals surface area contributed by atoms with E-state index in [1.54, 1.807) is 6.21 Å². The van der Waals surface area contributed by atoms with Crippen molar-refractivity contribution in [2.45, 2.75) is 26.2 Å². The highest BCUT2D eigenvalue weighted by atomic mass is 127. The molecule has 0 spiro atoms. The second kappa shape index (κ2) is 10.6. The number of thiazole rings is 1. The summed E-state index contributed by atoms with van der Waals surface area (Å²) in [6.07, 6.45) is 1.70. The van der Waals surface area contributed by atoms with E-state index >= 15 is 4.39 Å². The van der Waals surface area contributed by atoms with Crippen molar-refractivity contribution in [2.75, 3.05) is 0 Å². The fourth-order valence-corrected chi connectivity index (χ4v) is 7.17. The first kappa shape index (κ1) is 27.7. The van der Waals surface area contributed by atoms with Crippen LogP contribution in [0.25, 0.3) is 53.9 Å². The minimum atomic E-state index is -0.332. The Bertz CT molecular complexity index is 2230. The van der Waals surface area contributed by atoms with Crippen LogP contribution in [0.2, 0.25) is 0 Å². The van der Waals surface area contributed by atoms with E-state index in [1.807, 2.05) is 78.9 Å². The van der Waals surface area contributed by atoms with Gasteiger partial charge < -0.3 is 9.52 Å². The van der Waals surface area contributed by atoms with Crippen LogP contribution in [-0.4, -0.2) is 16.3 Å². The van der Waals surface area contributed by atoms with Gasteiger partial charge in [-0.05, 0) is 70.5 Å². The van der Waals surface area contributed by atoms with Crippen molar-refractivity contribution in [2.24, 2.45) is 4.99 Å². The molecular weight excluding hydrogens is 670 g/mol. The molecule has 0 atom stereocenters. The van der Waals surface area contributed by atoms with E-state index in [0.29, 0.717) is 27.9 Å². The number of aromatic nitrogens is 1. The van der Waals surface area contributed by atoms with E-state index in [9.17, 15) is 5.11 Å². The number of phenolic OH excluding ortho intramolecular Hbond substituents is 1. The molecule has 0 bridgehead atoms. The lowest BCUT2D eigenvalue weighted by Crippen LogP contribution is -2.12. The Balaban J connectivity index is 1.35. The van der Waals surface area contributed by atoms with Gasteiger partial charge in [0.05, 0.1) is 15.9 Å². The van der Waals surface area contributed by atoms with E-state index in [4.69, 9.17) is 14.4 Å². The molecule has 0 unspecified atom stereocenters. The zero-order valence-electron chi connectivity index (χ0n) is 23.7. The van der Waals surface area contributed by atoms with E-state index in [1.165, 1.54) is 23.5 Å². The highest BCUT2D eigenvalue weighted by Crippen LogP contribution is 2.43. The van der Waals surface area contributed by atoms with Gasteiger partial charge in [0, 0.05) is 48.4 Å². The van der Waals surface area contributed by atoms with Crippen molar-refractivity contribution in [3.8, 4) is 27.4 Å². The van der Waals surface area contributed by atoms with E-state index in [-0.39, 0.29) is 17.0 Å². The van der Waals surface area contributed by atoms with Gasteiger partial charge in [0.25, 0.3) is 0 Å². The third kappa shape index (κ3) is 5.00. The molecule has 0 aliphatic carbocycles. The summed E-state index contributed by atoms with van der Waals surface area (Å²) < 4.78 is 23.1. The molecule has 0 saturated heterocycles. The first-order chi connectivity index (χ1) is 20.7. The average Bonchev–Trinajstić information content (AvgIpc) is 3.58. The molecular formula is C36H26FIN2O2S. The van der Waals surface area contributed by atoms with Crippen LogP contribution in [0.3, 0.4) is 0 Å². The van der Waals surface area contributed by atoms with Crippen molar-refractivity contribution in [3.05, 3.63) is 112 Å². The summed E-state index contributed by atoms with van der Waals surface area (Å²) in [6, 6.07) is 28.6. The SMILES string of the molecule is CC(C)(C)c1cc(I)cc(/C=N/c2ccccc2-c2nc3c(-c4cccc5c4oc4ccccc45)cc(F)cc3s2)c1O. The zero-order valence-corrected chi connectivity index (χ0v) is 26.6. The molecule has 7 rings (SSSR count). The van der Waals surface area contributed by atoms with Crippen molar-refractivity contribution < 1.29 is 13.9 Å². The molecule has 0 aliphatic heterocycles. The summed E-state index contributed by atoms with van der Waals surface area (Å²) in [7, 11) is 0. The number of halogens is 2. The molecule has 2 heterocycles. The number of nitrogens with zero attached hydrogens (tertiary/aromatic N) is 2. The summed E-state index contributed by atoms with van der Waals surface area (Å²) in [4.78, 5) is 9.84. The first-order valence-corrected chi connectivity index (χ1v) is 15.7. The van der Waals surface area contributed by atoms with Crippen LogP contribution in [0.4, 0.5) is 10.1 Å². The van der Waals surface area contributed by atoms with Crippen LogP contribution in [0.15, 0.2) is 100 Å². The molecule has 0 aliphatic rings. The molecule has 2 aromatic heterocycles. The van der Waals surface area contributed by atoms with Crippen LogP contribution in [0.1, 0.15) is 31.9 Å². The number of hydrogen-bond donors (Lipinski definition) is 1. The molecule has 0 amide bonds. The van der Waals surface area contributed by atoms with Gasteiger partial charge in [-0.2, -0.15) is 0 Å². The Morgan fingerprint density at radius 3 is 2.47 bits per heavy atom. The number of hydrogen-bond acceptors (Lipinski definition) is 5. The fraction of sp³-hybridized carbons (Fsp3) is 0.111. The summed E-state index contributed by atoms with van der Waals surface area (Å²) in [6.45, 7) is 6.23. The topological polar surface area (TPSA) is 58.6 Å². The average molecular weight is 697 g/mol. The zero-order chi connectivity index (χ0) is 29.9. The van der Waals surface area contributed by atoms with E-state index < -0.39 is 0 Å². The number of furan rings is 1. The standard InChI is InChI=1S/C36H26FIN2O2S/c1-36(2,3)28-18-22(38)15-20(33(28)41)19-39-29-13-6-4-10-26(29)35-40-32-27(16-21(37)17-31(32)43-35)25-12-8-11-24-23-9-5-7-14-30(23)42-34(24)25/h4-19,41H,1-3H3/b39-19+. The van der Waals surface area contributed by atoms with E-state index in [0.717, 1.165) is 46.3 Å². The molecule has 0 saturated carbocycles. The molecule has 1 N–H and O–H groups in total. The lowest BCUT2D eigenvalue weighted by Gasteiger charge is -2.21. The van der Waals surface area contributed by atoms with Crippen LogP contribution in [-0.2, 0) is 5.41 Å². The number of benzene rings is 5. The number of fused-ring (bicyclic) bond motifs is 4. The van der Waals surface area contributed by atoms with Crippen LogP contribution in [0.5, 0.6) is 5.75 Å². The fourth-order valence-electron chi connectivity index (χ4n) is 5.47. The van der Waals surface area contributed by atoms with Crippen LogP contribution < -0.4 is 0 Å². The van der Waals surface area contributed by atoms with Gasteiger partial charge in [-0.1, -0.05) is 69.3 Å². The third-order valence-corrected chi connectivity index (χ3v) is 9.20. The largest absolute Gasteiger partial charge is 0.507 e. The monoisotopic (exact) mass is 696 g/mol. The maximum atomic E-state index is 15.1. The Hall–Kier alpha value is -4.08. The highest BCUT2D eigenvalue weighted by Gasteiger charge is 2.21. The smallest absolute Gasteiger partial charge is 0.143 e.